The van der Waals surface area contributed by atoms with Gasteiger partial charge in [0.2, 0.25) is 0 Å². The molecule has 0 saturated carbocycles. The van der Waals surface area contributed by atoms with Gasteiger partial charge < -0.3 is 5.32 Å². The quantitative estimate of drug-likeness (QED) is 0.831. The SMILES string of the molecule is CCC(NCc1ccccc1F)c1cccc(Br)c1. The second-order valence-electron chi connectivity index (χ2n) is 4.49. The minimum absolute atomic E-state index is 0.154. The molecule has 0 amide bonds. The van der Waals surface area contributed by atoms with Gasteiger partial charge in [0, 0.05) is 22.6 Å². The molecular formula is C16H17BrFN. The first-order chi connectivity index (χ1) is 9.20. The van der Waals surface area contributed by atoms with Crippen LogP contribution in [0.4, 0.5) is 4.39 Å². The Morgan fingerprint density at radius 3 is 2.63 bits per heavy atom. The first-order valence-electron chi connectivity index (χ1n) is 6.43. The number of hydrogen-bond acceptors (Lipinski definition) is 1. The predicted octanol–water partition coefficient (Wildman–Crippen LogP) is 4.83. The van der Waals surface area contributed by atoms with E-state index < -0.39 is 0 Å². The van der Waals surface area contributed by atoms with Crippen LogP contribution in [0, 0.1) is 5.82 Å². The zero-order valence-corrected chi connectivity index (χ0v) is 12.5. The molecule has 1 N–H and O–H groups in total. The highest BCUT2D eigenvalue weighted by molar-refractivity contribution is 9.10. The van der Waals surface area contributed by atoms with Crippen LogP contribution in [-0.4, -0.2) is 0 Å². The lowest BCUT2D eigenvalue weighted by Crippen LogP contribution is -2.20. The smallest absolute Gasteiger partial charge is 0.127 e. The first-order valence-corrected chi connectivity index (χ1v) is 7.22. The summed E-state index contributed by atoms with van der Waals surface area (Å²) < 4.78 is 14.6. The number of benzene rings is 2. The van der Waals surface area contributed by atoms with E-state index in [0.717, 1.165) is 10.9 Å². The van der Waals surface area contributed by atoms with E-state index in [0.29, 0.717) is 12.1 Å². The van der Waals surface area contributed by atoms with E-state index in [9.17, 15) is 4.39 Å². The molecule has 2 aromatic rings. The molecule has 0 heterocycles. The highest BCUT2D eigenvalue weighted by atomic mass is 79.9. The highest BCUT2D eigenvalue weighted by Crippen LogP contribution is 2.21. The molecule has 19 heavy (non-hydrogen) atoms. The van der Waals surface area contributed by atoms with Crippen LogP contribution >= 0.6 is 15.9 Å². The van der Waals surface area contributed by atoms with E-state index >= 15 is 0 Å². The fourth-order valence-electron chi connectivity index (χ4n) is 2.10. The molecule has 0 aliphatic rings. The Kier molecular flexibility index (Phi) is 5.11. The van der Waals surface area contributed by atoms with Crippen molar-refractivity contribution < 1.29 is 4.39 Å². The molecule has 0 aliphatic carbocycles. The molecule has 0 aromatic heterocycles. The summed E-state index contributed by atoms with van der Waals surface area (Å²) in [7, 11) is 0. The zero-order chi connectivity index (χ0) is 13.7. The van der Waals surface area contributed by atoms with Gasteiger partial charge in [-0.2, -0.15) is 0 Å². The fourth-order valence-corrected chi connectivity index (χ4v) is 2.51. The summed E-state index contributed by atoms with van der Waals surface area (Å²) in [5, 5.41) is 3.41. The van der Waals surface area contributed by atoms with Crippen LogP contribution < -0.4 is 5.32 Å². The van der Waals surface area contributed by atoms with Gasteiger partial charge in [-0.05, 0) is 30.2 Å². The summed E-state index contributed by atoms with van der Waals surface area (Å²) in [6, 6.07) is 15.3. The molecule has 3 heteroatoms. The second-order valence-corrected chi connectivity index (χ2v) is 5.40. The molecule has 0 aliphatic heterocycles. The Balaban J connectivity index is 2.06. The van der Waals surface area contributed by atoms with E-state index in [1.165, 1.54) is 11.6 Å². The van der Waals surface area contributed by atoms with Crippen molar-refractivity contribution in [3.8, 4) is 0 Å². The Morgan fingerprint density at radius 1 is 1.16 bits per heavy atom. The molecule has 2 rings (SSSR count). The van der Waals surface area contributed by atoms with Crippen LogP contribution in [0.2, 0.25) is 0 Å². The van der Waals surface area contributed by atoms with Crippen molar-refractivity contribution in [2.45, 2.75) is 25.9 Å². The lowest BCUT2D eigenvalue weighted by molar-refractivity contribution is 0.504. The largest absolute Gasteiger partial charge is 0.306 e. The van der Waals surface area contributed by atoms with Crippen molar-refractivity contribution in [1.82, 2.24) is 5.32 Å². The van der Waals surface area contributed by atoms with Gasteiger partial charge in [0.25, 0.3) is 0 Å². The molecule has 0 fully saturated rings. The molecule has 0 spiro atoms. The molecule has 0 bridgehead atoms. The van der Waals surface area contributed by atoms with Crippen LogP contribution in [0.15, 0.2) is 53.0 Å². The van der Waals surface area contributed by atoms with Gasteiger partial charge in [0.1, 0.15) is 5.82 Å². The van der Waals surface area contributed by atoms with Crippen LogP contribution in [0.1, 0.15) is 30.5 Å². The van der Waals surface area contributed by atoms with Crippen LogP contribution in [0.3, 0.4) is 0 Å². The average Bonchev–Trinajstić information content (AvgIpc) is 2.41. The van der Waals surface area contributed by atoms with Crippen molar-refractivity contribution in [2.24, 2.45) is 0 Å². The Morgan fingerprint density at radius 2 is 1.95 bits per heavy atom. The monoisotopic (exact) mass is 321 g/mol. The topological polar surface area (TPSA) is 12.0 Å². The summed E-state index contributed by atoms with van der Waals surface area (Å²) in [6.45, 7) is 2.66. The Labute approximate surface area is 122 Å². The second kappa shape index (κ2) is 6.83. The van der Waals surface area contributed by atoms with Crippen molar-refractivity contribution >= 4 is 15.9 Å². The maximum absolute atomic E-state index is 13.6. The van der Waals surface area contributed by atoms with E-state index in [4.69, 9.17) is 0 Å². The molecule has 0 radical (unpaired) electrons. The van der Waals surface area contributed by atoms with Gasteiger partial charge in [0.15, 0.2) is 0 Å². The molecule has 1 nitrogen and oxygen atoms in total. The molecular weight excluding hydrogens is 305 g/mol. The normalized spacial score (nSPS) is 12.4. The molecule has 0 saturated heterocycles. The van der Waals surface area contributed by atoms with Crippen LogP contribution in [0.25, 0.3) is 0 Å². The lowest BCUT2D eigenvalue weighted by atomic mass is 10.0. The minimum atomic E-state index is -0.154. The van der Waals surface area contributed by atoms with Gasteiger partial charge in [-0.3, -0.25) is 0 Å². The summed E-state index contributed by atoms with van der Waals surface area (Å²) in [5.74, 6) is -0.154. The van der Waals surface area contributed by atoms with Gasteiger partial charge in [-0.1, -0.05) is 53.2 Å². The highest BCUT2D eigenvalue weighted by Gasteiger charge is 2.10. The van der Waals surface area contributed by atoms with Crippen molar-refractivity contribution in [2.75, 3.05) is 0 Å². The summed E-state index contributed by atoms with van der Waals surface area (Å²) >= 11 is 3.48. The maximum atomic E-state index is 13.6. The van der Waals surface area contributed by atoms with Crippen molar-refractivity contribution in [3.63, 3.8) is 0 Å². The minimum Gasteiger partial charge on any atom is -0.306 e. The van der Waals surface area contributed by atoms with E-state index in [2.05, 4.69) is 40.3 Å². The Hall–Kier alpha value is -1.19. The molecule has 2 aromatic carbocycles. The predicted molar refractivity (Wildman–Crippen MR) is 80.4 cm³/mol. The summed E-state index contributed by atoms with van der Waals surface area (Å²) in [5.41, 5.74) is 1.92. The molecule has 1 unspecified atom stereocenters. The van der Waals surface area contributed by atoms with Gasteiger partial charge in [0.05, 0.1) is 0 Å². The standard InChI is InChI=1S/C16H17BrFN/c1-2-16(12-7-5-8-14(17)10-12)19-11-13-6-3-4-9-15(13)18/h3-10,16,19H,2,11H2,1H3. The molecule has 100 valence electrons. The number of halogens is 2. The third kappa shape index (κ3) is 3.88. The average molecular weight is 322 g/mol. The van der Waals surface area contributed by atoms with E-state index in [1.807, 2.05) is 24.3 Å². The van der Waals surface area contributed by atoms with Crippen molar-refractivity contribution in [1.29, 1.82) is 0 Å². The third-order valence-corrected chi connectivity index (χ3v) is 3.65. The maximum Gasteiger partial charge on any atom is 0.127 e. The van der Waals surface area contributed by atoms with Crippen LogP contribution in [0.5, 0.6) is 0 Å². The van der Waals surface area contributed by atoms with Gasteiger partial charge in [-0.15, -0.1) is 0 Å². The van der Waals surface area contributed by atoms with Gasteiger partial charge in [-0.25, -0.2) is 4.39 Å². The Bertz CT molecular complexity index is 542. The third-order valence-electron chi connectivity index (χ3n) is 3.16. The zero-order valence-electron chi connectivity index (χ0n) is 10.9. The molecule has 1 atom stereocenters. The lowest BCUT2D eigenvalue weighted by Gasteiger charge is -2.18. The summed E-state index contributed by atoms with van der Waals surface area (Å²) in [4.78, 5) is 0. The number of hydrogen-bond donors (Lipinski definition) is 1. The van der Waals surface area contributed by atoms with E-state index in [-0.39, 0.29) is 11.9 Å². The number of rotatable bonds is 5. The van der Waals surface area contributed by atoms with Crippen molar-refractivity contribution in [3.05, 3.63) is 69.9 Å². The fraction of sp³-hybridized carbons (Fsp3) is 0.250. The number of nitrogens with one attached hydrogen (secondary N) is 1. The van der Waals surface area contributed by atoms with E-state index in [1.54, 1.807) is 6.07 Å². The van der Waals surface area contributed by atoms with Gasteiger partial charge >= 0.3 is 0 Å². The first kappa shape index (κ1) is 14.2. The van der Waals surface area contributed by atoms with Crippen LogP contribution in [-0.2, 0) is 6.54 Å². The summed E-state index contributed by atoms with van der Waals surface area (Å²) in [6.07, 6.45) is 0.963.